The van der Waals surface area contributed by atoms with Crippen LogP contribution in [0.25, 0.3) is 11.3 Å². The summed E-state index contributed by atoms with van der Waals surface area (Å²) in [7, 11) is -2.12. The molecule has 33 heavy (non-hydrogen) atoms. The Morgan fingerprint density at radius 1 is 1.18 bits per heavy atom. The van der Waals surface area contributed by atoms with Crippen LogP contribution < -0.4 is 15.0 Å². The molecule has 0 spiro atoms. The molecule has 0 saturated carbocycles. The van der Waals surface area contributed by atoms with Gasteiger partial charge in [0, 0.05) is 30.1 Å². The predicted octanol–water partition coefficient (Wildman–Crippen LogP) is 4.12. The maximum Gasteiger partial charge on any atom is 0.269 e. The predicted molar refractivity (Wildman–Crippen MR) is 126 cm³/mol. The summed E-state index contributed by atoms with van der Waals surface area (Å²) in [6, 6.07) is 9.64. The lowest BCUT2D eigenvalue weighted by molar-refractivity contribution is 0.473. The highest BCUT2D eigenvalue weighted by Gasteiger charge is 2.19. The molecule has 0 atom stereocenters. The lowest BCUT2D eigenvalue weighted by Crippen LogP contribution is -2.24. The van der Waals surface area contributed by atoms with Crippen LogP contribution in [0.15, 0.2) is 53.2 Å². The Morgan fingerprint density at radius 2 is 1.85 bits per heavy atom. The smallest absolute Gasteiger partial charge is 0.269 e. The lowest BCUT2D eigenvalue weighted by Gasteiger charge is -2.18. The fourth-order valence-corrected chi connectivity index (χ4v) is 4.03. The van der Waals surface area contributed by atoms with E-state index in [2.05, 4.69) is 16.4 Å². The molecule has 0 saturated heterocycles. The number of benzene rings is 2. The van der Waals surface area contributed by atoms with Crippen LogP contribution in [0.1, 0.15) is 29.2 Å². The molecule has 0 aliphatic heterocycles. The van der Waals surface area contributed by atoms with Crippen molar-refractivity contribution in [3.05, 3.63) is 86.8 Å². The molecule has 9 heteroatoms. The zero-order chi connectivity index (χ0) is 24.3. The summed E-state index contributed by atoms with van der Waals surface area (Å²) < 4.78 is 47.7. The Labute approximate surface area is 192 Å². The summed E-state index contributed by atoms with van der Waals surface area (Å²) in [6.07, 6.45) is 0.500. The third kappa shape index (κ3) is 5.37. The van der Waals surface area contributed by atoms with Gasteiger partial charge in [0.05, 0.1) is 5.69 Å². The van der Waals surface area contributed by atoms with E-state index in [1.54, 1.807) is 45.2 Å². The van der Waals surface area contributed by atoms with Crippen LogP contribution in [0, 0.1) is 19.7 Å². The third-order valence-corrected chi connectivity index (χ3v) is 6.19. The van der Waals surface area contributed by atoms with Crippen LogP contribution >= 0.6 is 0 Å². The second-order valence-electron chi connectivity index (χ2n) is 7.63. The second kappa shape index (κ2) is 9.68. The maximum atomic E-state index is 13.8. The molecule has 1 aromatic heterocycles. The summed E-state index contributed by atoms with van der Waals surface area (Å²) in [4.78, 5) is 12.4. The molecule has 0 bridgehead atoms. The molecule has 2 aromatic carbocycles. The first-order chi connectivity index (χ1) is 15.6. The van der Waals surface area contributed by atoms with E-state index < -0.39 is 10.0 Å². The van der Waals surface area contributed by atoms with E-state index in [0.29, 0.717) is 51.4 Å². The minimum absolute atomic E-state index is 0.0474. The molecule has 0 aliphatic rings. The summed E-state index contributed by atoms with van der Waals surface area (Å²) in [5, 5.41) is 5.24. The number of nitrogens with zero attached hydrogens (tertiary/aromatic N) is 2. The Hall–Kier alpha value is -3.30. The van der Waals surface area contributed by atoms with E-state index >= 15 is 0 Å². The van der Waals surface area contributed by atoms with E-state index in [-0.39, 0.29) is 17.9 Å². The van der Waals surface area contributed by atoms with E-state index in [4.69, 9.17) is 4.74 Å². The lowest BCUT2D eigenvalue weighted by atomic mass is 10.0. The molecule has 3 rings (SSSR count). The first kappa shape index (κ1) is 24.3. The van der Waals surface area contributed by atoms with Gasteiger partial charge in [0.15, 0.2) is 0 Å². The number of hydrogen-bond acceptors (Lipinski definition) is 5. The van der Waals surface area contributed by atoms with Crippen molar-refractivity contribution in [3.63, 3.8) is 0 Å². The molecule has 0 fully saturated rings. The molecule has 1 N–H and O–H groups in total. The van der Waals surface area contributed by atoms with Crippen molar-refractivity contribution in [1.29, 1.82) is 0 Å². The van der Waals surface area contributed by atoms with E-state index in [0.717, 1.165) is 5.41 Å². The van der Waals surface area contributed by atoms with Crippen LogP contribution in [0.3, 0.4) is 0 Å². The first-order valence-electron chi connectivity index (χ1n) is 10.3. The van der Waals surface area contributed by atoms with Crippen LogP contribution in [0.5, 0.6) is 11.5 Å². The summed E-state index contributed by atoms with van der Waals surface area (Å²) >= 11 is 0. The molecule has 1 heterocycles. The number of ether oxygens (including phenoxy) is 1. The van der Waals surface area contributed by atoms with Crippen molar-refractivity contribution in [3.8, 4) is 22.8 Å². The Morgan fingerprint density at radius 3 is 2.45 bits per heavy atom. The quantitative estimate of drug-likeness (QED) is 0.534. The van der Waals surface area contributed by atoms with Gasteiger partial charge in [-0.25, -0.2) is 22.2 Å². The van der Waals surface area contributed by atoms with Crippen molar-refractivity contribution in [2.45, 2.75) is 33.7 Å². The molecule has 174 valence electrons. The number of hydrogen-bond donors (Lipinski definition) is 1. The number of nitrogens with one attached hydrogen (secondary N) is 1. The molecule has 0 unspecified atom stereocenters. The summed E-state index contributed by atoms with van der Waals surface area (Å²) in [6.45, 7) is 8.62. The third-order valence-electron chi connectivity index (χ3n) is 5.21. The van der Waals surface area contributed by atoms with Crippen LogP contribution in [0.2, 0.25) is 0 Å². The molecular formula is C24H26FN3O4S. The SMILES string of the molecule is C=CS(=O)(=O)NCc1cccc(Oc2c(C)cc(F)cc2C)c1-c1cc(CC)c(=O)n(C)n1. The number of sulfonamides is 1. The van der Waals surface area contributed by atoms with Gasteiger partial charge in [0.2, 0.25) is 10.0 Å². The standard InChI is InChI=1S/C24H26FN3O4S/c1-6-17-13-20(27-28(5)24(17)29)22-18(14-26-33(30,31)7-2)9-8-10-21(22)32-23-15(3)11-19(25)12-16(23)4/h7-13,26H,2,6,14H2,1,3-5H3. The molecule has 7 nitrogen and oxygen atoms in total. The molecule has 0 aliphatic carbocycles. The monoisotopic (exact) mass is 471 g/mol. The van der Waals surface area contributed by atoms with Gasteiger partial charge in [-0.1, -0.05) is 25.6 Å². The van der Waals surface area contributed by atoms with Crippen molar-refractivity contribution >= 4 is 10.0 Å². The van der Waals surface area contributed by atoms with Gasteiger partial charge in [-0.05, 0) is 61.2 Å². The topological polar surface area (TPSA) is 90.3 Å². The zero-order valence-electron chi connectivity index (χ0n) is 19.0. The Balaban J connectivity index is 2.22. The average molecular weight is 472 g/mol. The largest absolute Gasteiger partial charge is 0.456 e. The van der Waals surface area contributed by atoms with Crippen molar-refractivity contribution in [2.75, 3.05) is 0 Å². The fourth-order valence-electron chi connectivity index (χ4n) is 3.55. The normalized spacial score (nSPS) is 11.4. The van der Waals surface area contributed by atoms with Gasteiger partial charge in [-0.2, -0.15) is 5.10 Å². The van der Waals surface area contributed by atoms with E-state index in [9.17, 15) is 17.6 Å². The number of halogens is 1. The van der Waals surface area contributed by atoms with Gasteiger partial charge in [0.25, 0.3) is 5.56 Å². The Kier molecular flexibility index (Phi) is 7.14. The van der Waals surface area contributed by atoms with E-state index in [1.807, 2.05) is 6.92 Å². The van der Waals surface area contributed by atoms with Crippen LogP contribution in [-0.2, 0) is 30.0 Å². The highest BCUT2D eigenvalue weighted by Crippen LogP contribution is 2.38. The minimum Gasteiger partial charge on any atom is -0.456 e. The number of aromatic nitrogens is 2. The molecular weight excluding hydrogens is 445 g/mol. The first-order valence-corrected chi connectivity index (χ1v) is 11.9. The van der Waals surface area contributed by atoms with Crippen molar-refractivity contribution in [1.82, 2.24) is 14.5 Å². The van der Waals surface area contributed by atoms with Gasteiger partial charge in [0.1, 0.15) is 17.3 Å². The molecule has 0 amide bonds. The van der Waals surface area contributed by atoms with Gasteiger partial charge >= 0.3 is 0 Å². The minimum atomic E-state index is -3.68. The van der Waals surface area contributed by atoms with Crippen molar-refractivity contribution in [2.24, 2.45) is 7.05 Å². The van der Waals surface area contributed by atoms with Crippen LogP contribution in [-0.4, -0.2) is 18.2 Å². The van der Waals surface area contributed by atoms with Gasteiger partial charge in [-0.15, -0.1) is 0 Å². The fraction of sp³-hybridized carbons (Fsp3) is 0.250. The van der Waals surface area contributed by atoms with Gasteiger partial charge in [-0.3, -0.25) is 4.79 Å². The zero-order valence-corrected chi connectivity index (χ0v) is 19.8. The summed E-state index contributed by atoms with van der Waals surface area (Å²) in [5.41, 5.74) is 3.14. The maximum absolute atomic E-state index is 13.8. The van der Waals surface area contributed by atoms with E-state index in [1.165, 1.54) is 16.8 Å². The highest BCUT2D eigenvalue weighted by atomic mass is 32.2. The summed E-state index contributed by atoms with van der Waals surface area (Å²) in [5.74, 6) is 0.524. The number of aryl methyl sites for hydroxylation is 4. The molecule has 3 aromatic rings. The molecule has 0 radical (unpaired) electrons. The highest BCUT2D eigenvalue weighted by molar-refractivity contribution is 7.92. The second-order valence-corrected chi connectivity index (χ2v) is 9.34. The average Bonchev–Trinajstić information content (AvgIpc) is 2.76. The Bertz CT molecular complexity index is 1360. The number of rotatable bonds is 8. The van der Waals surface area contributed by atoms with Gasteiger partial charge < -0.3 is 4.74 Å². The van der Waals surface area contributed by atoms with Crippen molar-refractivity contribution < 1.29 is 17.5 Å². The van der Waals surface area contributed by atoms with Crippen LogP contribution in [0.4, 0.5) is 4.39 Å².